The Morgan fingerprint density at radius 1 is 1.33 bits per heavy atom. The van der Waals surface area contributed by atoms with E-state index in [4.69, 9.17) is 5.84 Å². The van der Waals surface area contributed by atoms with E-state index in [1.165, 1.54) is 0 Å². The Hall–Kier alpha value is -0.210. The summed E-state index contributed by atoms with van der Waals surface area (Å²) in [4.78, 5) is 0. The average molecular weight is 481 g/mol. The number of hydrogen-bond donors (Lipinski definition) is 2. The van der Waals surface area contributed by atoms with Crippen molar-refractivity contribution in [3.05, 3.63) is 48.6 Å². The molecule has 7 heteroatoms. The zero-order valence-corrected chi connectivity index (χ0v) is 16.6. The molecule has 0 spiro atoms. The van der Waals surface area contributed by atoms with Crippen LogP contribution in [0, 0.1) is 6.92 Å². The zero-order valence-electron chi connectivity index (χ0n) is 11.8. The molecular formula is C14H17Br3N4. The van der Waals surface area contributed by atoms with E-state index < -0.39 is 0 Å². The number of rotatable bonds is 5. The zero-order chi connectivity index (χ0) is 15.6. The molecule has 1 aromatic carbocycles. The minimum absolute atomic E-state index is 0.00502. The highest BCUT2D eigenvalue weighted by molar-refractivity contribution is 9.11. The lowest BCUT2D eigenvalue weighted by atomic mass is 10.0. The summed E-state index contributed by atoms with van der Waals surface area (Å²) in [5, 5.41) is 4.53. The number of benzene rings is 1. The fourth-order valence-corrected chi connectivity index (χ4v) is 3.65. The van der Waals surface area contributed by atoms with Gasteiger partial charge in [-0.05, 0) is 53.5 Å². The van der Waals surface area contributed by atoms with E-state index in [-0.39, 0.29) is 6.04 Å². The Kier molecular flexibility index (Phi) is 6.02. The van der Waals surface area contributed by atoms with Gasteiger partial charge in [0.2, 0.25) is 0 Å². The van der Waals surface area contributed by atoms with Crippen LogP contribution in [0.5, 0.6) is 0 Å². The molecule has 0 saturated carbocycles. The first-order chi connectivity index (χ1) is 9.97. The third kappa shape index (κ3) is 3.76. The molecular weight excluding hydrogens is 464 g/mol. The van der Waals surface area contributed by atoms with E-state index in [1.807, 2.05) is 23.7 Å². The number of nitrogens with one attached hydrogen (secondary N) is 1. The molecule has 0 amide bonds. The first-order valence-electron chi connectivity index (χ1n) is 6.60. The van der Waals surface area contributed by atoms with E-state index in [1.54, 1.807) is 0 Å². The minimum Gasteiger partial charge on any atom is -0.271 e. The van der Waals surface area contributed by atoms with Gasteiger partial charge >= 0.3 is 0 Å². The molecule has 114 valence electrons. The maximum Gasteiger partial charge on any atom is 0.0738 e. The quantitative estimate of drug-likeness (QED) is 0.497. The van der Waals surface area contributed by atoms with Gasteiger partial charge in [0, 0.05) is 21.9 Å². The lowest BCUT2D eigenvalue weighted by molar-refractivity contribution is 0.514. The molecule has 0 fully saturated rings. The average Bonchev–Trinajstić information content (AvgIpc) is 2.74. The SMILES string of the molecule is CCn1nc(C)c(Br)c1CC(NN)c1cc(Br)ccc1Br. The molecule has 3 N–H and O–H groups in total. The van der Waals surface area contributed by atoms with Gasteiger partial charge in [-0.25, -0.2) is 0 Å². The Balaban J connectivity index is 2.38. The molecule has 1 unspecified atom stereocenters. The largest absolute Gasteiger partial charge is 0.271 e. The minimum atomic E-state index is -0.00502. The van der Waals surface area contributed by atoms with Crippen LogP contribution in [0.2, 0.25) is 0 Å². The van der Waals surface area contributed by atoms with Crippen molar-refractivity contribution in [3.8, 4) is 0 Å². The number of nitrogens with two attached hydrogens (primary N) is 1. The number of hydrogen-bond acceptors (Lipinski definition) is 3. The van der Waals surface area contributed by atoms with Gasteiger partial charge in [-0.15, -0.1) is 0 Å². The van der Waals surface area contributed by atoms with E-state index in [9.17, 15) is 0 Å². The standard InChI is InChI=1S/C14H17Br3N4/c1-3-21-13(14(17)8(2)20-21)7-12(19-18)10-6-9(15)4-5-11(10)16/h4-6,12,19H,3,7,18H2,1-2H3. The summed E-state index contributed by atoms with van der Waals surface area (Å²) in [5.74, 6) is 5.79. The number of nitrogens with zero attached hydrogens (tertiary/aromatic N) is 2. The van der Waals surface area contributed by atoms with Crippen LogP contribution in [0.4, 0.5) is 0 Å². The molecule has 0 radical (unpaired) electrons. The second kappa shape index (κ2) is 7.37. The van der Waals surface area contributed by atoms with Crippen LogP contribution < -0.4 is 11.3 Å². The molecule has 0 aliphatic rings. The van der Waals surface area contributed by atoms with Crippen molar-refractivity contribution in [2.45, 2.75) is 32.9 Å². The van der Waals surface area contributed by atoms with E-state index in [0.29, 0.717) is 0 Å². The fraction of sp³-hybridized carbons (Fsp3) is 0.357. The van der Waals surface area contributed by atoms with Gasteiger partial charge < -0.3 is 0 Å². The monoisotopic (exact) mass is 478 g/mol. The molecule has 0 aliphatic carbocycles. The highest BCUT2D eigenvalue weighted by Gasteiger charge is 2.20. The van der Waals surface area contributed by atoms with Crippen molar-refractivity contribution in [3.63, 3.8) is 0 Å². The topological polar surface area (TPSA) is 55.9 Å². The third-order valence-electron chi connectivity index (χ3n) is 3.38. The molecule has 2 rings (SSSR count). The Morgan fingerprint density at radius 2 is 2.05 bits per heavy atom. The van der Waals surface area contributed by atoms with Crippen LogP contribution in [-0.2, 0) is 13.0 Å². The van der Waals surface area contributed by atoms with Gasteiger partial charge in [0.1, 0.15) is 0 Å². The third-order valence-corrected chi connectivity index (χ3v) is 5.63. The number of aryl methyl sites for hydroxylation is 2. The van der Waals surface area contributed by atoms with Crippen molar-refractivity contribution >= 4 is 47.8 Å². The molecule has 4 nitrogen and oxygen atoms in total. The van der Waals surface area contributed by atoms with Crippen molar-refractivity contribution < 1.29 is 0 Å². The summed E-state index contributed by atoms with van der Waals surface area (Å²) in [6.45, 7) is 4.92. The first kappa shape index (κ1) is 17.1. The highest BCUT2D eigenvalue weighted by atomic mass is 79.9. The predicted molar refractivity (Wildman–Crippen MR) is 95.9 cm³/mol. The Bertz CT molecular complexity index is 639. The summed E-state index contributed by atoms with van der Waals surface area (Å²) in [6.07, 6.45) is 0.751. The second-order valence-electron chi connectivity index (χ2n) is 4.75. The predicted octanol–water partition coefficient (Wildman–Crippen LogP) is 4.25. The lowest BCUT2D eigenvalue weighted by Crippen LogP contribution is -2.30. The normalized spacial score (nSPS) is 12.7. The maximum atomic E-state index is 5.79. The number of aromatic nitrogens is 2. The number of halogens is 3. The van der Waals surface area contributed by atoms with Gasteiger partial charge in [-0.3, -0.25) is 16.0 Å². The van der Waals surface area contributed by atoms with Crippen molar-refractivity contribution in [1.29, 1.82) is 0 Å². The van der Waals surface area contributed by atoms with Crippen LogP contribution in [0.3, 0.4) is 0 Å². The molecule has 1 heterocycles. The molecule has 0 bridgehead atoms. The summed E-state index contributed by atoms with van der Waals surface area (Å²) in [6, 6.07) is 6.08. The van der Waals surface area contributed by atoms with Crippen molar-refractivity contribution in [2.24, 2.45) is 5.84 Å². The van der Waals surface area contributed by atoms with Gasteiger partial charge in [0.25, 0.3) is 0 Å². The van der Waals surface area contributed by atoms with Gasteiger partial charge in [0.05, 0.1) is 21.9 Å². The van der Waals surface area contributed by atoms with Crippen molar-refractivity contribution in [2.75, 3.05) is 0 Å². The Labute approximate surface area is 149 Å². The molecule has 2 aromatic rings. The molecule has 0 saturated heterocycles. The maximum absolute atomic E-state index is 5.79. The molecule has 21 heavy (non-hydrogen) atoms. The molecule has 1 atom stereocenters. The van der Waals surface area contributed by atoms with Crippen LogP contribution in [0.25, 0.3) is 0 Å². The van der Waals surface area contributed by atoms with Gasteiger partial charge in [-0.1, -0.05) is 31.9 Å². The van der Waals surface area contributed by atoms with Crippen LogP contribution >= 0.6 is 47.8 Å². The second-order valence-corrected chi connectivity index (χ2v) is 7.31. The van der Waals surface area contributed by atoms with E-state index in [0.717, 1.165) is 43.3 Å². The van der Waals surface area contributed by atoms with Gasteiger partial charge in [-0.2, -0.15) is 5.10 Å². The smallest absolute Gasteiger partial charge is 0.0738 e. The van der Waals surface area contributed by atoms with Gasteiger partial charge in [0.15, 0.2) is 0 Å². The summed E-state index contributed by atoms with van der Waals surface area (Å²) < 4.78 is 5.12. The summed E-state index contributed by atoms with van der Waals surface area (Å²) in [5.41, 5.74) is 6.16. The highest BCUT2D eigenvalue weighted by Crippen LogP contribution is 2.31. The summed E-state index contributed by atoms with van der Waals surface area (Å²) >= 11 is 10.7. The number of hydrazine groups is 1. The molecule has 1 aromatic heterocycles. The lowest BCUT2D eigenvalue weighted by Gasteiger charge is -2.19. The van der Waals surface area contributed by atoms with Crippen LogP contribution in [0.15, 0.2) is 31.6 Å². The molecule has 0 aliphatic heterocycles. The van der Waals surface area contributed by atoms with Crippen LogP contribution in [-0.4, -0.2) is 9.78 Å². The Morgan fingerprint density at radius 3 is 2.67 bits per heavy atom. The van der Waals surface area contributed by atoms with Crippen LogP contribution in [0.1, 0.15) is 29.9 Å². The van der Waals surface area contributed by atoms with E-state index >= 15 is 0 Å². The van der Waals surface area contributed by atoms with Crippen molar-refractivity contribution in [1.82, 2.24) is 15.2 Å². The van der Waals surface area contributed by atoms with E-state index in [2.05, 4.69) is 71.3 Å². The fourth-order valence-electron chi connectivity index (χ4n) is 2.30. The summed E-state index contributed by atoms with van der Waals surface area (Å²) in [7, 11) is 0. The first-order valence-corrected chi connectivity index (χ1v) is 8.98.